The van der Waals surface area contributed by atoms with E-state index in [0.717, 1.165) is 5.56 Å². The molecule has 0 bridgehead atoms. The Labute approximate surface area is 131 Å². The molecule has 1 atom stereocenters. The normalized spacial score (nSPS) is 12.8. The summed E-state index contributed by atoms with van der Waals surface area (Å²) in [4.78, 5) is 0.305. The van der Waals surface area contributed by atoms with Crippen molar-refractivity contribution in [1.29, 1.82) is 0 Å². The van der Waals surface area contributed by atoms with Gasteiger partial charge in [-0.2, -0.15) is 0 Å². The molecule has 0 amide bonds. The van der Waals surface area contributed by atoms with Crippen molar-refractivity contribution in [1.82, 2.24) is 0 Å². The fourth-order valence-corrected chi connectivity index (χ4v) is 3.91. The summed E-state index contributed by atoms with van der Waals surface area (Å²) < 4.78 is 31.0. The molecule has 0 aliphatic carbocycles. The summed E-state index contributed by atoms with van der Waals surface area (Å²) in [6.07, 6.45) is 0.337. The topological polar surface area (TPSA) is 69.4 Å². The molecule has 0 fully saturated rings. The van der Waals surface area contributed by atoms with Crippen molar-refractivity contribution in [3.8, 4) is 5.75 Å². The maximum Gasteiger partial charge on any atom is 0.182 e. The van der Waals surface area contributed by atoms with Gasteiger partial charge in [0.1, 0.15) is 5.75 Å². The van der Waals surface area contributed by atoms with Crippen LogP contribution in [-0.2, 0) is 16.3 Å². The van der Waals surface area contributed by atoms with Crippen molar-refractivity contribution in [2.75, 3.05) is 13.2 Å². The van der Waals surface area contributed by atoms with Crippen molar-refractivity contribution >= 4 is 9.84 Å². The first-order valence-corrected chi connectivity index (χ1v) is 8.84. The highest BCUT2D eigenvalue weighted by Gasteiger charge is 2.27. The Kier molecular flexibility index (Phi) is 5.57. The zero-order valence-corrected chi connectivity index (χ0v) is 13.4. The molecule has 2 aromatic carbocycles. The predicted molar refractivity (Wildman–Crippen MR) is 87.8 cm³/mol. The van der Waals surface area contributed by atoms with Gasteiger partial charge >= 0.3 is 0 Å². The van der Waals surface area contributed by atoms with Crippen LogP contribution in [0.5, 0.6) is 5.75 Å². The van der Waals surface area contributed by atoms with Gasteiger partial charge in [-0.25, -0.2) is 8.42 Å². The second-order valence-corrected chi connectivity index (χ2v) is 7.19. The summed E-state index contributed by atoms with van der Waals surface area (Å²) in [6.45, 7) is 2.51. The van der Waals surface area contributed by atoms with Crippen LogP contribution in [0.1, 0.15) is 12.5 Å². The van der Waals surface area contributed by atoms with E-state index in [4.69, 9.17) is 10.5 Å². The van der Waals surface area contributed by atoms with Crippen LogP contribution in [0.15, 0.2) is 59.5 Å². The molecule has 0 saturated carbocycles. The third-order valence-electron chi connectivity index (χ3n) is 3.49. The first-order valence-electron chi connectivity index (χ1n) is 7.29. The molecular formula is C17H21NO3S. The molecule has 0 saturated heterocycles. The fraction of sp³-hybridized carbons (Fsp3) is 0.294. The first-order chi connectivity index (χ1) is 10.6. The van der Waals surface area contributed by atoms with E-state index in [1.165, 1.54) is 0 Å². The molecule has 2 aromatic rings. The van der Waals surface area contributed by atoms with Crippen molar-refractivity contribution in [3.05, 3.63) is 60.2 Å². The van der Waals surface area contributed by atoms with Gasteiger partial charge in [0.2, 0.25) is 0 Å². The average molecular weight is 319 g/mol. The summed E-state index contributed by atoms with van der Waals surface area (Å²) in [5.74, 6) is 0.715. The van der Waals surface area contributed by atoms with E-state index in [0.29, 0.717) is 23.7 Å². The minimum atomic E-state index is -3.46. The van der Waals surface area contributed by atoms with Gasteiger partial charge in [-0.15, -0.1) is 0 Å². The van der Waals surface area contributed by atoms with Crippen LogP contribution in [0.25, 0.3) is 0 Å². The number of hydrogen-bond donors (Lipinski definition) is 1. The van der Waals surface area contributed by atoms with Crippen LogP contribution in [0.3, 0.4) is 0 Å². The Bertz CT molecular complexity index is 699. The molecule has 2 N–H and O–H groups in total. The van der Waals surface area contributed by atoms with E-state index < -0.39 is 15.1 Å². The Morgan fingerprint density at radius 1 is 1.05 bits per heavy atom. The first kappa shape index (κ1) is 16.5. The van der Waals surface area contributed by atoms with Gasteiger partial charge in [0.25, 0.3) is 0 Å². The average Bonchev–Trinajstić information content (AvgIpc) is 2.55. The third-order valence-corrected chi connectivity index (χ3v) is 5.66. The van der Waals surface area contributed by atoms with Gasteiger partial charge in [-0.1, -0.05) is 36.4 Å². The molecule has 118 valence electrons. The number of rotatable bonds is 7. The van der Waals surface area contributed by atoms with E-state index in [-0.39, 0.29) is 6.54 Å². The highest BCUT2D eigenvalue weighted by molar-refractivity contribution is 7.92. The molecule has 0 spiro atoms. The lowest BCUT2D eigenvalue weighted by Gasteiger charge is -2.18. The quantitative estimate of drug-likeness (QED) is 0.851. The van der Waals surface area contributed by atoms with E-state index in [2.05, 4.69) is 0 Å². The maximum atomic E-state index is 12.7. The van der Waals surface area contributed by atoms with Crippen LogP contribution in [-0.4, -0.2) is 26.8 Å². The number of benzene rings is 2. The lowest BCUT2D eigenvalue weighted by Crippen LogP contribution is -2.32. The summed E-state index contributed by atoms with van der Waals surface area (Å²) >= 11 is 0. The Morgan fingerprint density at radius 2 is 1.68 bits per heavy atom. The minimum absolute atomic E-state index is 0.0671. The van der Waals surface area contributed by atoms with Crippen molar-refractivity contribution in [2.45, 2.75) is 23.5 Å². The van der Waals surface area contributed by atoms with Gasteiger partial charge in [-0.05, 0) is 37.1 Å². The van der Waals surface area contributed by atoms with Gasteiger partial charge < -0.3 is 10.5 Å². The molecule has 0 aromatic heterocycles. The molecule has 2 rings (SSSR count). The molecule has 4 nitrogen and oxygen atoms in total. The summed E-state index contributed by atoms with van der Waals surface area (Å²) in [5, 5.41) is -0.670. The third kappa shape index (κ3) is 3.67. The molecule has 5 heteroatoms. The Hall–Kier alpha value is -1.85. The smallest absolute Gasteiger partial charge is 0.182 e. The number of sulfone groups is 1. The number of para-hydroxylation sites is 1. The number of nitrogens with two attached hydrogens (primary N) is 1. The molecule has 0 heterocycles. The van der Waals surface area contributed by atoms with Crippen molar-refractivity contribution in [2.24, 2.45) is 5.73 Å². The molecule has 22 heavy (non-hydrogen) atoms. The molecule has 1 unspecified atom stereocenters. The molecule has 0 aliphatic rings. The number of hydrogen-bond acceptors (Lipinski definition) is 4. The zero-order chi connectivity index (χ0) is 16.0. The van der Waals surface area contributed by atoms with Gasteiger partial charge in [0, 0.05) is 6.54 Å². The highest BCUT2D eigenvalue weighted by Crippen LogP contribution is 2.24. The molecule has 0 radical (unpaired) electrons. The largest absolute Gasteiger partial charge is 0.494 e. The van der Waals surface area contributed by atoms with Crippen LogP contribution < -0.4 is 10.5 Å². The number of ether oxygens (including phenoxy) is 1. The van der Waals surface area contributed by atoms with E-state index >= 15 is 0 Å². The van der Waals surface area contributed by atoms with E-state index in [9.17, 15) is 8.42 Å². The second kappa shape index (κ2) is 7.42. The monoisotopic (exact) mass is 319 g/mol. The van der Waals surface area contributed by atoms with E-state index in [1.807, 2.05) is 31.2 Å². The van der Waals surface area contributed by atoms with Crippen LogP contribution in [0.4, 0.5) is 0 Å². The standard InChI is InChI=1S/C17H21NO3S/c1-2-21-17-11-7-6-8-14(17)12-16(13-18)22(19,20)15-9-4-3-5-10-15/h3-11,16H,2,12-13,18H2,1H3. The van der Waals surface area contributed by atoms with Crippen molar-refractivity contribution in [3.63, 3.8) is 0 Å². The second-order valence-electron chi connectivity index (χ2n) is 4.96. The molecular weight excluding hydrogens is 298 g/mol. The fourth-order valence-electron chi connectivity index (χ4n) is 2.34. The van der Waals surface area contributed by atoms with Gasteiger partial charge in [0.05, 0.1) is 16.8 Å². The van der Waals surface area contributed by atoms with Crippen LogP contribution in [0.2, 0.25) is 0 Å². The Balaban J connectivity index is 2.30. The van der Waals surface area contributed by atoms with Crippen LogP contribution in [0, 0.1) is 0 Å². The Morgan fingerprint density at radius 3 is 2.32 bits per heavy atom. The van der Waals surface area contributed by atoms with Crippen LogP contribution >= 0.6 is 0 Å². The lowest BCUT2D eigenvalue weighted by molar-refractivity contribution is 0.336. The minimum Gasteiger partial charge on any atom is -0.494 e. The predicted octanol–water partition coefficient (Wildman–Crippen LogP) is 2.43. The SMILES string of the molecule is CCOc1ccccc1CC(CN)S(=O)(=O)c1ccccc1. The summed E-state index contributed by atoms with van der Waals surface area (Å²) in [7, 11) is -3.46. The zero-order valence-electron chi connectivity index (χ0n) is 12.6. The lowest BCUT2D eigenvalue weighted by atomic mass is 10.1. The highest BCUT2D eigenvalue weighted by atomic mass is 32.2. The summed E-state index contributed by atoms with van der Waals surface area (Å²) in [5.41, 5.74) is 6.61. The summed E-state index contributed by atoms with van der Waals surface area (Å²) in [6, 6.07) is 15.9. The van der Waals surface area contributed by atoms with Crippen molar-refractivity contribution < 1.29 is 13.2 Å². The van der Waals surface area contributed by atoms with Gasteiger partial charge in [-0.3, -0.25) is 0 Å². The maximum absolute atomic E-state index is 12.7. The molecule has 0 aliphatic heterocycles. The van der Waals surface area contributed by atoms with E-state index in [1.54, 1.807) is 30.3 Å². The van der Waals surface area contributed by atoms with Gasteiger partial charge in [0.15, 0.2) is 9.84 Å².